The second kappa shape index (κ2) is 7.57. The van der Waals surface area contributed by atoms with Gasteiger partial charge in [0.15, 0.2) is 6.23 Å². The summed E-state index contributed by atoms with van der Waals surface area (Å²) in [7, 11) is 0. The van der Waals surface area contributed by atoms with E-state index in [-0.39, 0.29) is 17.9 Å². The number of carbonyl (C=O) groups excluding carboxylic acids is 2. The van der Waals surface area contributed by atoms with Crippen molar-refractivity contribution in [1.82, 2.24) is 10.6 Å². The first kappa shape index (κ1) is 18.1. The van der Waals surface area contributed by atoms with E-state index in [1.165, 1.54) is 6.92 Å². The number of carbonyl (C=O) groups is 2. The maximum atomic E-state index is 12.5. The standard InChI is InChI=1S/C15H26N2O6/c1-7-11(19)12(20)13(21)15(23-7)17-14(22)9-5-3-4-6-10(9)16-8(2)18/h7,9-13,15,19-21H,3-6H2,1-2H3,(H,16,18)(H,17,22). The molecule has 2 fully saturated rings. The molecule has 0 aromatic rings. The molecule has 1 heterocycles. The van der Waals surface area contributed by atoms with E-state index in [2.05, 4.69) is 10.6 Å². The highest BCUT2D eigenvalue weighted by Crippen LogP contribution is 2.26. The van der Waals surface area contributed by atoms with Gasteiger partial charge in [0.25, 0.3) is 0 Å². The fourth-order valence-corrected chi connectivity index (χ4v) is 3.30. The molecule has 0 aromatic carbocycles. The molecule has 23 heavy (non-hydrogen) atoms. The van der Waals surface area contributed by atoms with Crippen molar-refractivity contribution in [2.24, 2.45) is 5.92 Å². The molecule has 7 atom stereocenters. The highest BCUT2D eigenvalue weighted by atomic mass is 16.5. The minimum absolute atomic E-state index is 0.184. The fourth-order valence-electron chi connectivity index (χ4n) is 3.30. The largest absolute Gasteiger partial charge is 0.388 e. The van der Waals surface area contributed by atoms with Gasteiger partial charge in [-0.3, -0.25) is 9.59 Å². The van der Waals surface area contributed by atoms with Gasteiger partial charge in [-0.15, -0.1) is 0 Å². The van der Waals surface area contributed by atoms with Crippen LogP contribution in [-0.4, -0.2) is 63.8 Å². The topological polar surface area (TPSA) is 128 Å². The molecule has 1 aliphatic carbocycles. The molecule has 2 aliphatic rings. The van der Waals surface area contributed by atoms with Gasteiger partial charge in [0.2, 0.25) is 11.8 Å². The van der Waals surface area contributed by atoms with E-state index in [4.69, 9.17) is 4.74 Å². The lowest BCUT2D eigenvalue weighted by Crippen LogP contribution is -2.63. The summed E-state index contributed by atoms with van der Waals surface area (Å²) in [4.78, 5) is 23.8. The van der Waals surface area contributed by atoms with Gasteiger partial charge in [-0.25, -0.2) is 0 Å². The molecule has 1 saturated heterocycles. The van der Waals surface area contributed by atoms with Crippen LogP contribution in [0.4, 0.5) is 0 Å². The average molecular weight is 330 g/mol. The molecule has 5 N–H and O–H groups in total. The molecule has 1 aliphatic heterocycles. The Kier molecular flexibility index (Phi) is 5.96. The van der Waals surface area contributed by atoms with Crippen LogP contribution in [0.5, 0.6) is 0 Å². The van der Waals surface area contributed by atoms with E-state index in [0.717, 1.165) is 19.3 Å². The van der Waals surface area contributed by atoms with E-state index >= 15 is 0 Å². The van der Waals surface area contributed by atoms with Gasteiger partial charge in [-0.2, -0.15) is 0 Å². The Hall–Kier alpha value is -1.22. The summed E-state index contributed by atoms with van der Waals surface area (Å²) in [5.41, 5.74) is 0. The quantitative estimate of drug-likeness (QED) is 0.434. The maximum Gasteiger partial charge on any atom is 0.227 e. The smallest absolute Gasteiger partial charge is 0.227 e. The summed E-state index contributed by atoms with van der Waals surface area (Å²) in [6.45, 7) is 2.97. The van der Waals surface area contributed by atoms with Crippen LogP contribution in [0.25, 0.3) is 0 Å². The lowest BCUT2D eigenvalue weighted by molar-refractivity contribution is -0.225. The lowest BCUT2D eigenvalue weighted by Gasteiger charge is -2.40. The number of hydrogen-bond acceptors (Lipinski definition) is 6. The van der Waals surface area contributed by atoms with Crippen molar-refractivity contribution >= 4 is 11.8 Å². The van der Waals surface area contributed by atoms with Crippen LogP contribution in [0.2, 0.25) is 0 Å². The van der Waals surface area contributed by atoms with Gasteiger partial charge in [-0.05, 0) is 19.8 Å². The molecule has 0 radical (unpaired) electrons. The first-order valence-electron chi connectivity index (χ1n) is 8.08. The van der Waals surface area contributed by atoms with Gasteiger partial charge in [0, 0.05) is 13.0 Å². The number of nitrogens with one attached hydrogen (secondary N) is 2. The van der Waals surface area contributed by atoms with Gasteiger partial charge in [-0.1, -0.05) is 12.8 Å². The number of amides is 2. The second-order valence-electron chi connectivity index (χ2n) is 6.44. The lowest BCUT2D eigenvalue weighted by atomic mass is 9.83. The summed E-state index contributed by atoms with van der Waals surface area (Å²) < 4.78 is 5.38. The first-order chi connectivity index (χ1) is 10.8. The summed E-state index contributed by atoms with van der Waals surface area (Å²) >= 11 is 0. The summed E-state index contributed by atoms with van der Waals surface area (Å²) in [6, 6.07) is -0.241. The van der Waals surface area contributed by atoms with E-state index < -0.39 is 36.6 Å². The van der Waals surface area contributed by atoms with E-state index in [1.54, 1.807) is 6.92 Å². The summed E-state index contributed by atoms with van der Waals surface area (Å²) in [5, 5.41) is 34.8. The molecule has 1 saturated carbocycles. The Labute approximate surface area is 135 Å². The summed E-state index contributed by atoms with van der Waals surface area (Å²) in [6.07, 6.45) is -2.61. The number of aliphatic hydroxyl groups excluding tert-OH is 3. The van der Waals surface area contributed by atoms with Crippen molar-refractivity contribution in [2.75, 3.05) is 0 Å². The Morgan fingerprint density at radius 1 is 1.00 bits per heavy atom. The van der Waals surface area contributed by atoms with Crippen molar-refractivity contribution in [3.8, 4) is 0 Å². The number of ether oxygens (including phenoxy) is 1. The van der Waals surface area contributed by atoms with Crippen molar-refractivity contribution in [2.45, 2.75) is 76.2 Å². The van der Waals surface area contributed by atoms with Crippen molar-refractivity contribution in [3.63, 3.8) is 0 Å². The zero-order valence-electron chi connectivity index (χ0n) is 13.4. The van der Waals surface area contributed by atoms with E-state index in [1.807, 2.05) is 0 Å². The monoisotopic (exact) mass is 330 g/mol. The molecule has 8 nitrogen and oxygen atoms in total. The molecule has 0 aromatic heterocycles. The highest BCUT2D eigenvalue weighted by Gasteiger charge is 2.43. The number of hydrogen-bond donors (Lipinski definition) is 5. The minimum Gasteiger partial charge on any atom is -0.388 e. The number of aliphatic hydroxyl groups is 3. The van der Waals surface area contributed by atoms with Crippen LogP contribution >= 0.6 is 0 Å². The highest BCUT2D eigenvalue weighted by molar-refractivity contribution is 5.81. The van der Waals surface area contributed by atoms with E-state index in [0.29, 0.717) is 6.42 Å². The zero-order chi connectivity index (χ0) is 17.1. The van der Waals surface area contributed by atoms with Crippen molar-refractivity contribution in [3.05, 3.63) is 0 Å². The van der Waals surface area contributed by atoms with Crippen LogP contribution < -0.4 is 10.6 Å². The molecule has 2 amide bonds. The second-order valence-corrected chi connectivity index (χ2v) is 6.44. The third-order valence-electron chi connectivity index (χ3n) is 4.63. The molecule has 0 spiro atoms. The van der Waals surface area contributed by atoms with Crippen LogP contribution in [0, 0.1) is 5.92 Å². The molecule has 7 unspecified atom stereocenters. The van der Waals surface area contributed by atoms with Gasteiger partial charge in [0.05, 0.1) is 12.0 Å². The van der Waals surface area contributed by atoms with Crippen molar-refractivity contribution in [1.29, 1.82) is 0 Å². The zero-order valence-corrected chi connectivity index (χ0v) is 13.4. The maximum absolute atomic E-state index is 12.5. The SMILES string of the molecule is CC(=O)NC1CCCCC1C(=O)NC1OC(C)C(O)C(O)C1O. The van der Waals surface area contributed by atoms with Crippen molar-refractivity contribution < 1.29 is 29.6 Å². The third kappa shape index (κ3) is 4.20. The predicted molar refractivity (Wildman–Crippen MR) is 80.1 cm³/mol. The fraction of sp³-hybridized carbons (Fsp3) is 0.867. The Balaban J connectivity index is 2.00. The minimum atomic E-state index is -1.41. The third-order valence-corrected chi connectivity index (χ3v) is 4.63. The van der Waals surface area contributed by atoms with Gasteiger partial charge < -0.3 is 30.7 Å². The van der Waals surface area contributed by atoms with Crippen LogP contribution in [0.1, 0.15) is 39.5 Å². The Morgan fingerprint density at radius 2 is 1.65 bits per heavy atom. The van der Waals surface area contributed by atoms with E-state index in [9.17, 15) is 24.9 Å². The number of rotatable bonds is 3. The molecule has 0 bridgehead atoms. The molecular weight excluding hydrogens is 304 g/mol. The van der Waals surface area contributed by atoms with Crippen LogP contribution in [0.3, 0.4) is 0 Å². The molecule has 2 rings (SSSR count). The first-order valence-corrected chi connectivity index (χ1v) is 8.08. The molecule has 132 valence electrons. The Bertz CT molecular complexity index is 446. The molecule has 8 heteroatoms. The van der Waals surface area contributed by atoms with Gasteiger partial charge in [0.1, 0.15) is 18.3 Å². The van der Waals surface area contributed by atoms with Crippen LogP contribution in [-0.2, 0) is 14.3 Å². The summed E-state index contributed by atoms with van der Waals surface area (Å²) in [5.74, 6) is -0.915. The van der Waals surface area contributed by atoms with Gasteiger partial charge >= 0.3 is 0 Å². The normalized spacial score (nSPS) is 41.2. The van der Waals surface area contributed by atoms with Crippen LogP contribution in [0.15, 0.2) is 0 Å². The Morgan fingerprint density at radius 3 is 2.30 bits per heavy atom. The predicted octanol–water partition coefficient (Wildman–Crippen LogP) is -1.37. The average Bonchev–Trinajstić information content (AvgIpc) is 2.50. The molecular formula is C15H26N2O6.